The minimum Gasteiger partial charge on any atom is -0.355 e. The third-order valence-electron chi connectivity index (χ3n) is 4.12. The van der Waals surface area contributed by atoms with Crippen LogP contribution in [0.4, 0.5) is 0 Å². The van der Waals surface area contributed by atoms with E-state index < -0.39 is 0 Å². The highest BCUT2D eigenvalue weighted by Crippen LogP contribution is 2.25. The molecule has 1 fully saturated rings. The number of nitrogens with one attached hydrogen (secondary N) is 1. The van der Waals surface area contributed by atoms with E-state index in [1.807, 2.05) is 0 Å². The van der Waals surface area contributed by atoms with E-state index >= 15 is 0 Å². The number of nitrogens with zero attached hydrogens (tertiary/aromatic N) is 1. The molecule has 4 nitrogen and oxygen atoms in total. The quantitative estimate of drug-likeness (QED) is 0.601. The molecular weight excluding hydrogens is 238 g/mol. The van der Waals surface area contributed by atoms with Crippen LogP contribution >= 0.6 is 0 Å². The molecular formula is C15H31N3O. The first kappa shape index (κ1) is 16.4. The van der Waals surface area contributed by atoms with Crippen molar-refractivity contribution in [1.82, 2.24) is 10.2 Å². The average molecular weight is 269 g/mol. The van der Waals surface area contributed by atoms with Gasteiger partial charge in [0.15, 0.2) is 0 Å². The summed E-state index contributed by atoms with van der Waals surface area (Å²) >= 11 is 0. The molecule has 0 saturated heterocycles. The number of amides is 1. The molecule has 0 spiro atoms. The lowest BCUT2D eigenvalue weighted by molar-refractivity contribution is -0.121. The molecule has 1 aliphatic carbocycles. The van der Waals surface area contributed by atoms with Crippen LogP contribution in [0.2, 0.25) is 0 Å². The average Bonchev–Trinajstić information content (AvgIpc) is 3.24. The SMILES string of the molecule is CCC(CCN)CCC(=O)NCCN(CC)C1CC1. The number of rotatable bonds is 11. The second-order valence-corrected chi connectivity index (χ2v) is 5.60. The van der Waals surface area contributed by atoms with Gasteiger partial charge in [0.2, 0.25) is 5.91 Å². The second-order valence-electron chi connectivity index (χ2n) is 5.60. The smallest absolute Gasteiger partial charge is 0.220 e. The van der Waals surface area contributed by atoms with Gasteiger partial charge in [-0.25, -0.2) is 0 Å². The largest absolute Gasteiger partial charge is 0.355 e. The molecule has 1 rings (SSSR count). The molecule has 0 heterocycles. The summed E-state index contributed by atoms with van der Waals surface area (Å²) < 4.78 is 0. The Labute approximate surface area is 118 Å². The summed E-state index contributed by atoms with van der Waals surface area (Å²) in [6.07, 6.45) is 6.44. The van der Waals surface area contributed by atoms with Crippen LogP contribution in [0.5, 0.6) is 0 Å². The van der Waals surface area contributed by atoms with Crippen molar-refractivity contribution in [3.63, 3.8) is 0 Å². The Morgan fingerprint density at radius 2 is 2.11 bits per heavy atom. The Morgan fingerprint density at radius 1 is 1.37 bits per heavy atom. The van der Waals surface area contributed by atoms with E-state index in [9.17, 15) is 4.79 Å². The Hall–Kier alpha value is -0.610. The molecule has 4 heteroatoms. The Balaban J connectivity index is 2.06. The lowest BCUT2D eigenvalue weighted by Crippen LogP contribution is -2.36. The molecule has 1 saturated carbocycles. The van der Waals surface area contributed by atoms with E-state index in [4.69, 9.17) is 5.73 Å². The van der Waals surface area contributed by atoms with Gasteiger partial charge >= 0.3 is 0 Å². The Kier molecular flexibility index (Phi) is 8.07. The van der Waals surface area contributed by atoms with Crippen molar-refractivity contribution in [2.24, 2.45) is 11.7 Å². The van der Waals surface area contributed by atoms with E-state index in [-0.39, 0.29) is 5.91 Å². The number of carbonyl (C=O) groups excluding carboxylic acids is 1. The van der Waals surface area contributed by atoms with Crippen LogP contribution in [-0.4, -0.2) is 43.0 Å². The molecule has 0 aromatic rings. The summed E-state index contributed by atoms with van der Waals surface area (Å²) in [5, 5.41) is 3.04. The number of carbonyl (C=O) groups is 1. The Bertz CT molecular complexity index is 254. The van der Waals surface area contributed by atoms with Gasteiger partial charge in [0.1, 0.15) is 0 Å². The van der Waals surface area contributed by atoms with E-state index in [0.29, 0.717) is 12.3 Å². The van der Waals surface area contributed by atoms with Gasteiger partial charge in [-0.1, -0.05) is 20.3 Å². The third kappa shape index (κ3) is 6.92. The van der Waals surface area contributed by atoms with Gasteiger partial charge in [0.05, 0.1) is 0 Å². The van der Waals surface area contributed by atoms with Crippen molar-refractivity contribution in [3.8, 4) is 0 Å². The standard InChI is InChI=1S/C15H31N3O/c1-3-13(9-10-16)5-8-15(19)17-11-12-18(4-2)14-6-7-14/h13-14H,3-12,16H2,1-2H3,(H,17,19). The minimum absolute atomic E-state index is 0.197. The molecule has 0 bridgehead atoms. The summed E-state index contributed by atoms with van der Waals surface area (Å²) in [7, 11) is 0. The predicted octanol–water partition coefficient (Wildman–Crippen LogP) is 1.74. The van der Waals surface area contributed by atoms with Crippen molar-refractivity contribution in [2.75, 3.05) is 26.2 Å². The fourth-order valence-electron chi connectivity index (χ4n) is 2.59. The molecule has 0 aliphatic heterocycles. The molecule has 1 aliphatic rings. The van der Waals surface area contributed by atoms with Crippen LogP contribution in [0.25, 0.3) is 0 Å². The molecule has 3 N–H and O–H groups in total. The minimum atomic E-state index is 0.197. The van der Waals surface area contributed by atoms with Crippen molar-refractivity contribution in [3.05, 3.63) is 0 Å². The molecule has 19 heavy (non-hydrogen) atoms. The maximum atomic E-state index is 11.8. The number of hydrogen-bond donors (Lipinski definition) is 2. The lowest BCUT2D eigenvalue weighted by atomic mass is 9.96. The number of nitrogens with two attached hydrogens (primary N) is 1. The fourth-order valence-corrected chi connectivity index (χ4v) is 2.59. The summed E-state index contributed by atoms with van der Waals surface area (Å²) in [5.41, 5.74) is 5.57. The zero-order valence-electron chi connectivity index (χ0n) is 12.7. The van der Waals surface area contributed by atoms with Crippen LogP contribution in [0.15, 0.2) is 0 Å². The van der Waals surface area contributed by atoms with E-state index in [2.05, 4.69) is 24.1 Å². The topological polar surface area (TPSA) is 58.4 Å². The summed E-state index contributed by atoms with van der Waals surface area (Å²) in [6.45, 7) is 7.97. The second kappa shape index (κ2) is 9.32. The lowest BCUT2D eigenvalue weighted by Gasteiger charge is -2.20. The summed E-state index contributed by atoms with van der Waals surface area (Å²) in [5.74, 6) is 0.802. The summed E-state index contributed by atoms with van der Waals surface area (Å²) in [4.78, 5) is 14.2. The van der Waals surface area contributed by atoms with Crippen LogP contribution in [0, 0.1) is 5.92 Å². The summed E-state index contributed by atoms with van der Waals surface area (Å²) in [6, 6.07) is 0.788. The van der Waals surface area contributed by atoms with Gasteiger partial charge in [0, 0.05) is 25.6 Å². The first-order chi connectivity index (χ1) is 9.21. The number of hydrogen-bond acceptors (Lipinski definition) is 3. The predicted molar refractivity (Wildman–Crippen MR) is 80.0 cm³/mol. The van der Waals surface area contributed by atoms with Gasteiger partial charge in [-0.3, -0.25) is 9.69 Å². The van der Waals surface area contributed by atoms with Crippen LogP contribution < -0.4 is 11.1 Å². The van der Waals surface area contributed by atoms with Crippen molar-refractivity contribution < 1.29 is 4.79 Å². The first-order valence-corrected chi connectivity index (χ1v) is 7.92. The van der Waals surface area contributed by atoms with Crippen LogP contribution in [0.3, 0.4) is 0 Å². The molecule has 0 radical (unpaired) electrons. The molecule has 0 aromatic heterocycles. The number of likely N-dealkylation sites (N-methyl/N-ethyl adjacent to an activating group) is 1. The van der Waals surface area contributed by atoms with Crippen LogP contribution in [-0.2, 0) is 4.79 Å². The highest BCUT2D eigenvalue weighted by Gasteiger charge is 2.27. The molecule has 112 valence electrons. The zero-order chi connectivity index (χ0) is 14.1. The highest BCUT2D eigenvalue weighted by molar-refractivity contribution is 5.75. The molecule has 1 unspecified atom stereocenters. The van der Waals surface area contributed by atoms with Crippen molar-refractivity contribution in [2.45, 2.75) is 58.4 Å². The highest BCUT2D eigenvalue weighted by atomic mass is 16.1. The molecule has 1 amide bonds. The maximum absolute atomic E-state index is 11.8. The van der Waals surface area contributed by atoms with Crippen molar-refractivity contribution in [1.29, 1.82) is 0 Å². The van der Waals surface area contributed by atoms with Gasteiger partial charge in [-0.2, -0.15) is 0 Å². The third-order valence-corrected chi connectivity index (χ3v) is 4.12. The maximum Gasteiger partial charge on any atom is 0.220 e. The van der Waals surface area contributed by atoms with Gasteiger partial charge in [-0.15, -0.1) is 0 Å². The van der Waals surface area contributed by atoms with E-state index in [0.717, 1.165) is 51.5 Å². The fraction of sp³-hybridized carbons (Fsp3) is 0.933. The monoisotopic (exact) mass is 269 g/mol. The van der Waals surface area contributed by atoms with E-state index in [1.54, 1.807) is 0 Å². The normalized spacial score (nSPS) is 16.6. The zero-order valence-corrected chi connectivity index (χ0v) is 12.7. The van der Waals surface area contributed by atoms with E-state index in [1.165, 1.54) is 12.8 Å². The molecule has 0 aromatic carbocycles. The van der Waals surface area contributed by atoms with Gasteiger partial charge in [0.25, 0.3) is 0 Å². The van der Waals surface area contributed by atoms with Gasteiger partial charge < -0.3 is 11.1 Å². The first-order valence-electron chi connectivity index (χ1n) is 7.92. The van der Waals surface area contributed by atoms with Crippen LogP contribution in [0.1, 0.15) is 52.4 Å². The Morgan fingerprint density at radius 3 is 2.63 bits per heavy atom. The molecule has 1 atom stereocenters. The van der Waals surface area contributed by atoms with Crippen molar-refractivity contribution >= 4 is 5.91 Å². The van der Waals surface area contributed by atoms with Gasteiger partial charge in [-0.05, 0) is 44.7 Å².